The van der Waals surface area contributed by atoms with Crippen LogP contribution in [-0.4, -0.2) is 42.6 Å². The molecular formula is C13H17NO6. The van der Waals surface area contributed by atoms with Gasteiger partial charge in [0.25, 0.3) is 0 Å². The second kappa shape index (κ2) is 7.01. The average Bonchev–Trinajstić information content (AvgIpc) is 2.67. The van der Waals surface area contributed by atoms with Crippen molar-refractivity contribution in [2.24, 2.45) is 17.8 Å². The Kier molecular flexibility index (Phi) is 5.65. The van der Waals surface area contributed by atoms with Gasteiger partial charge in [-0.25, -0.2) is 0 Å². The fourth-order valence-corrected chi connectivity index (χ4v) is 2.47. The third-order valence-electron chi connectivity index (χ3n) is 3.41. The van der Waals surface area contributed by atoms with E-state index in [0.29, 0.717) is 0 Å². The molecule has 0 bridgehead atoms. The van der Waals surface area contributed by atoms with Crippen LogP contribution in [0.1, 0.15) is 19.8 Å². The van der Waals surface area contributed by atoms with Crippen LogP contribution in [0.25, 0.3) is 0 Å². The first-order valence-electron chi connectivity index (χ1n) is 6.30. The fraction of sp³-hybridized carbons (Fsp3) is 0.692. The van der Waals surface area contributed by atoms with Gasteiger partial charge < -0.3 is 14.6 Å². The molecule has 0 saturated heterocycles. The number of rotatable bonds is 5. The summed E-state index contributed by atoms with van der Waals surface area (Å²) < 4.78 is 9.26. The smallest absolute Gasteiger partial charge is 0.323 e. The van der Waals surface area contributed by atoms with Gasteiger partial charge in [0, 0.05) is 18.3 Å². The molecule has 1 aliphatic rings. The standard InChI is InChI=1S/C13H17NO6/c1-3-20-13(18)8(6-14)12-7(4-11(17)19-2)9(15)5-10(12)16/h7-8,10,12,16H,3-5H2,1-2H3. The second-order valence-electron chi connectivity index (χ2n) is 4.56. The number of aliphatic hydroxyl groups excluding tert-OH is 1. The summed E-state index contributed by atoms with van der Waals surface area (Å²) >= 11 is 0. The molecule has 4 atom stereocenters. The molecule has 1 saturated carbocycles. The Bertz CT molecular complexity index is 441. The van der Waals surface area contributed by atoms with Crippen molar-refractivity contribution in [3.05, 3.63) is 0 Å². The highest BCUT2D eigenvalue weighted by Gasteiger charge is 2.49. The van der Waals surface area contributed by atoms with Gasteiger partial charge in [0.05, 0.1) is 32.3 Å². The Morgan fingerprint density at radius 2 is 2.20 bits per heavy atom. The molecule has 1 aliphatic carbocycles. The molecular weight excluding hydrogens is 266 g/mol. The van der Waals surface area contributed by atoms with Gasteiger partial charge in [0.1, 0.15) is 11.7 Å². The molecule has 0 heterocycles. The van der Waals surface area contributed by atoms with Gasteiger partial charge in [-0.15, -0.1) is 0 Å². The van der Waals surface area contributed by atoms with Gasteiger partial charge in [-0.1, -0.05) is 0 Å². The maximum absolute atomic E-state index is 11.8. The lowest BCUT2D eigenvalue weighted by Crippen LogP contribution is -2.35. The number of hydrogen-bond acceptors (Lipinski definition) is 7. The zero-order valence-corrected chi connectivity index (χ0v) is 11.4. The van der Waals surface area contributed by atoms with E-state index >= 15 is 0 Å². The van der Waals surface area contributed by atoms with Crippen molar-refractivity contribution in [1.29, 1.82) is 5.26 Å². The summed E-state index contributed by atoms with van der Waals surface area (Å²) in [5.41, 5.74) is 0. The van der Waals surface area contributed by atoms with E-state index in [2.05, 4.69) is 4.74 Å². The van der Waals surface area contributed by atoms with Crippen molar-refractivity contribution < 1.29 is 29.0 Å². The molecule has 0 aliphatic heterocycles. The van der Waals surface area contributed by atoms with Crippen LogP contribution in [0.4, 0.5) is 0 Å². The Hall–Kier alpha value is -1.94. The van der Waals surface area contributed by atoms with E-state index in [0.717, 1.165) is 0 Å². The topological polar surface area (TPSA) is 114 Å². The number of aliphatic hydroxyl groups is 1. The molecule has 4 unspecified atom stereocenters. The first kappa shape index (κ1) is 16.1. The summed E-state index contributed by atoms with van der Waals surface area (Å²) in [5, 5.41) is 19.0. The van der Waals surface area contributed by atoms with Crippen LogP contribution in [0.5, 0.6) is 0 Å². The van der Waals surface area contributed by atoms with E-state index < -0.39 is 35.8 Å². The molecule has 20 heavy (non-hydrogen) atoms. The van der Waals surface area contributed by atoms with Crippen molar-refractivity contribution >= 4 is 17.7 Å². The average molecular weight is 283 g/mol. The molecule has 0 spiro atoms. The van der Waals surface area contributed by atoms with Crippen LogP contribution in [0.15, 0.2) is 0 Å². The van der Waals surface area contributed by atoms with E-state index in [4.69, 9.17) is 10.00 Å². The molecule has 0 amide bonds. The van der Waals surface area contributed by atoms with E-state index in [1.807, 2.05) is 0 Å². The summed E-state index contributed by atoms with van der Waals surface area (Å²) in [6.07, 6.45) is -1.57. The number of carbonyl (C=O) groups is 3. The quantitative estimate of drug-likeness (QED) is 0.696. The van der Waals surface area contributed by atoms with Gasteiger partial charge in [0.2, 0.25) is 0 Å². The lowest BCUT2D eigenvalue weighted by molar-refractivity contribution is -0.151. The zero-order chi connectivity index (χ0) is 15.3. The molecule has 0 radical (unpaired) electrons. The number of hydrogen-bond donors (Lipinski definition) is 1. The molecule has 1 rings (SSSR count). The highest BCUT2D eigenvalue weighted by molar-refractivity contribution is 5.89. The van der Waals surface area contributed by atoms with Crippen molar-refractivity contribution in [3.8, 4) is 6.07 Å². The molecule has 110 valence electrons. The van der Waals surface area contributed by atoms with Gasteiger partial charge in [-0.05, 0) is 6.92 Å². The number of nitrogens with zero attached hydrogens (tertiary/aromatic N) is 1. The number of methoxy groups -OCH3 is 1. The van der Waals surface area contributed by atoms with E-state index in [1.165, 1.54) is 7.11 Å². The SMILES string of the molecule is CCOC(=O)C(C#N)C1C(O)CC(=O)C1CC(=O)OC. The van der Waals surface area contributed by atoms with Crippen LogP contribution in [-0.2, 0) is 23.9 Å². The minimum absolute atomic E-state index is 0.0927. The zero-order valence-electron chi connectivity index (χ0n) is 11.4. The minimum atomic E-state index is -1.27. The number of Topliss-reactive ketones (excluding diaryl/α,β-unsaturated/α-hetero) is 1. The van der Waals surface area contributed by atoms with Gasteiger partial charge in [0.15, 0.2) is 0 Å². The number of ether oxygens (including phenoxy) is 2. The van der Waals surface area contributed by atoms with E-state index in [1.54, 1.807) is 13.0 Å². The Balaban J connectivity index is 2.97. The maximum atomic E-state index is 11.8. The normalized spacial score (nSPS) is 26.7. The third kappa shape index (κ3) is 3.33. The molecule has 0 aromatic heterocycles. The van der Waals surface area contributed by atoms with Crippen LogP contribution >= 0.6 is 0 Å². The van der Waals surface area contributed by atoms with Crippen LogP contribution in [0.3, 0.4) is 0 Å². The van der Waals surface area contributed by atoms with Gasteiger partial charge in [-0.3, -0.25) is 14.4 Å². The second-order valence-corrected chi connectivity index (χ2v) is 4.56. The Morgan fingerprint density at radius 3 is 2.70 bits per heavy atom. The first-order valence-corrected chi connectivity index (χ1v) is 6.30. The summed E-state index contributed by atoms with van der Waals surface area (Å²) in [7, 11) is 1.18. The summed E-state index contributed by atoms with van der Waals surface area (Å²) in [5.74, 6) is -4.87. The van der Waals surface area contributed by atoms with Crippen molar-refractivity contribution in [2.45, 2.75) is 25.9 Å². The van der Waals surface area contributed by atoms with Crippen molar-refractivity contribution in [3.63, 3.8) is 0 Å². The van der Waals surface area contributed by atoms with E-state index in [9.17, 15) is 19.5 Å². The predicted octanol–water partition coefficient (Wildman–Crippen LogP) is -0.182. The summed E-state index contributed by atoms with van der Waals surface area (Å²) in [6.45, 7) is 1.68. The van der Waals surface area contributed by atoms with Gasteiger partial charge in [-0.2, -0.15) is 5.26 Å². The molecule has 0 aromatic carbocycles. The minimum Gasteiger partial charge on any atom is -0.469 e. The molecule has 0 aromatic rings. The summed E-state index contributed by atoms with van der Waals surface area (Å²) in [6, 6.07) is 1.76. The lowest BCUT2D eigenvalue weighted by atomic mass is 9.81. The van der Waals surface area contributed by atoms with Crippen molar-refractivity contribution in [1.82, 2.24) is 0 Å². The lowest BCUT2D eigenvalue weighted by Gasteiger charge is -2.23. The molecule has 1 fully saturated rings. The van der Waals surface area contributed by atoms with Crippen LogP contribution in [0.2, 0.25) is 0 Å². The van der Waals surface area contributed by atoms with Crippen LogP contribution in [0, 0.1) is 29.1 Å². The van der Waals surface area contributed by atoms with Crippen molar-refractivity contribution in [2.75, 3.05) is 13.7 Å². The maximum Gasteiger partial charge on any atom is 0.323 e. The fourth-order valence-electron chi connectivity index (χ4n) is 2.47. The Labute approximate surface area is 116 Å². The molecule has 1 N–H and O–H groups in total. The van der Waals surface area contributed by atoms with E-state index in [-0.39, 0.29) is 25.2 Å². The highest BCUT2D eigenvalue weighted by Crippen LogP contribution is 2.37. The van der Waals surface area contributed by atoms with Crippen LogP contribution < -0.4 is 0 Å². The molecule has 7 heteroatoms. The monoisotopic (exact) mass is 283 g/mol. The predicted molar refractivity (Wildman–Crippen MR) is 65.0 cm³/mol. The number of esters is 2. The Morgan fingerprint density at radius 1 is 1.55 bits per heavy atom. The highest BCUT2D eigenvalue weighted by atomic mass is 16.5. The number of ketones is 1. The number of carbonyl (C=O) groups excluding carboxylic acids is 3. The molecule has 7 nitrogen and oxygen atoms in total. The third-order valence-corrected chi connectivity index (χ3v) is 3.41. The van der Waals surface area contributed by atoms with Gasteiger partial charge >= 0.3 is 11.9 Å². The largest absolute Gasteiger partial charge is 0.469 e. The summed E-state index contributed by atoms with van der Waals surface area (Å²) in [4.78, 5) is 34.9. The first-order chi connectivity index (χ1) is 9.46. The number of nitriles is 1.